The molecule has 1 fully saturated rings. The van der Waals surface area contributed by atoms with Crippen LogP contribution >= 0.6 is 0 Å². The monoisotopic (exact) mass is 403 g/mol. The summed E-state index contributed by atoms with van der Waals surface area (Å²) in [4.78, 5) is 22.8. The summed E-state index contributed by atoms with van der Waals surface area (Å²) in [7, 11) is 2.02. The number of rotatable bonds is 5. The van der Waals surface area contributed by atoms with Crippen molar-refractivity contribution in [3.8, 4) is 11.3 Å². The maximum Gasteiger partial charge on any atom is 0.251 e. The second kappa shape index (κ2) is 7.93. The number of carbonyl (C=O) groups excluding carboxylic acids is 1. The van der Waals surface area contributed by atoms with Crippen molar-refractivity contribution in [1.29, 1.82) is 0 Å². The molecule has 0 spiro atoms. The first kappa shape index (κ1) is 18.8. The Labute approximate surface area is 174 Å². The lowest BCUT2D eigenvalue weighted by Gasteiger charge is -2.26. The van der Waals surface area contributed by atoms with Crippen LogP contribution in [0.1, 0.15) is 10.4 Å². The molecule has 0 radical (unpaired) electrons. The van der Waals surface area contributed by atoms with Gasteiger partial charge in [0.1, 0.15) is 5.65 Å². The van der Waals surface area contributed by atoms with Crippen molar-refractivity contribution in [1.82, 2.24) is 24.8 Å². The maximum absolute atomic E-state index is 12.7. The van der Waals surface area contributed by atoms with Crippen LogP contribution in [-0.2, 0) is 11.8 Å². The number of aromatic nitrogens is 3. The summed E-state index contributed by atoms with van der Waals surface area (Å²) in [6, 6.07) is 12.0. The molecule has 154 valence electrons. The van der Waals surface area contributed by atoms with E-state index in [0.29, 0.717) is 12.1 Å². The number of aryl methyl sites for hydroxylation is 1. The zero-order valence-electron chi connectivity index (χ0n) is 17.0. The molecule has 1 saturated heterocycles. The first-order chi connectivity index (χ1) is 14.7. The summed E-state index contributed by atoms with van der Waals surface area (Å²) < 4.78 is 7.46. The summed E-state index contributed by atoms with van der Waals surface area (Å²) in [6.07, 6.45) is 3.88. The zero-order valence-corrected chi connectivity index (χ0v) is 17.0. The van der Waals surface area contributed by atoms with Gasteiger partial charge in [0.2, 0.25) is 0 Å². The van der Waals surface area contributed by atoms with Crippen LogP contribution in [0, 0.1) is 0 Å². The molecule has 0 unspecified atom stereocenters. The molecular weight excluding hydrogens is 378 g/mol. The van der Waals surface area contributed by atoms with E-state index in [-0.39, 0.29) is 5.91 Å². The van der Waals surface area contributed by atoms with Gasteiger partial charge in [-0.1, -0.05) is 0 Å². The smallest absolute Gasteiger partial charge is 0.251 e. The molecule has 1 aliphatic heterocycles. The quantitative estimate of drug-likeness (QED) is 0.537. The minimum Gasteiger partial charge on any atom is -0.379 e. The maximum atomic E-state index is 12.7. The predicted molar refractivity (Wildman–Crippen MR) is 118 cm³/mol. The third-order valence-electron chi connectivity index (χ3n) is 5.75. The average Bonchev–Trinajstić information content (AvgIpc) is 3.35. The van der Waals surface area contributed by atoms with Gasteiger partial charge in [0.25, 0.3) is 5.91 Å². The average molecular weight is 403 g/mol. The Kier molecular flexibility index (Phi) is 4.98. The fraction of sp³-hybridized carbons (Fsp3) is 0.304. The highest BCUT2D eigenvalue weighted by Crippen LogP contribution is 2.32. The molecule has 3 aromatic heterocycles. The van der Waals surface area contributed by atoms with E-state index < -0.39 is 0 Å². The van der Waals surface area contributed by atoms with Gasteiger partial charge in [-0.3, -0.25) is 9.69 Å². The van der Waals surface area contributed by atoms with Crippen LogP contribution in [0.15, 0.2) is 48.8 Å². The normalized spacial score (nSPS) is 15.1. The number of pyridine rings is 1. The van der Waals surface area contributed by atoms with Crippen molar-refractivity contribution in [2.45, 2.75) is 0 Å². The Morgan fingerprint density at radius 3 is 2.93 bits per heavy atom. The van der Waals surface area contributed by atoms with Crippen LogP contribution in [0.2, 0.25) is 0 Å². The van der Waals surface area contributed by atoms with Gasteiger partial charge in [0, 0.05) is 78.7 Å². The van der Waals surface area contributed by atoms with Gasteiger partial charge < -0.3 is 19.6 Å². The lowest BCUT2D eigenvalue weighted by atomic mass is 10.1. The Bertz CT molecular complexity index is 1170. The zero-order chi connectivity index (χ0) is 20.5. The van der Waals surface area contributed by atoms with Gasteiger partial charge in [0.15, 0.2) is 0 Å². The second-order valence-corrected chi connectivity index (χ2v) is 7.72. The number of H-pyrrole nitrogens is 1. The number of nitrogens with zero attached hydrogens (tertiary/aromatic N) is 3. The van der Waals surface area contributed by atoms with Crippen LogP contribution in [0.5, 0.6) is 0 Å². The molecule has 1 aliphatic rings. The van der Waals surface area contributed by atoms with Crippen molar-refractivity contribution >= 4 is 27.8 Å². The van der Waals surface area contributed by atoms with Crippen LogP contribution in [0.4, 0.5) is 0 Å². The van der Waals surface area contributed by atoms with Crippen LogP contribution in [0.25, 0.3) is 33.2 Å². The van der Waals surface area contributed by atoms with E-state index in [1.54, 1.807) is 6.20 Å². The molecule has 4 aromatic rings. The van der Waals surface area contributed by atoms with E-state index in [2.05, 4.69) is 37.0 Å². The minimum atomic E-state index is -0.0433. The minimum absolute atomic E-state index is 0.0433. The van der Waals surface area contributed by atoms with E-state index in [4.69, 9.17) is 4.74 Å². The lowest BCUT2D eigenvalue weighted by molar-refractivity contribution is 0.0383. The number of fused-ring (bicyclic) bond motifs is 2. The molecule has 0 bridgehead atoms. The topological polar surface area (TPSA) is 75.2 Å². The van der Waals surface area contributed by atoms with E-state index >= 15 is 0 Å². The standard InChI is InChI=1S/C23H25N5O2/c1-27-15-19(20-14-16-3-2-6-24-22(16)26-20)18-13-17(4-5-21(18)27)23(29)25-7-8-28-9-11-30-12-10-28/h2-6,13-15H,7-12H2,1H3,(H,24,26)(H,25,29). The molecule has 4 heterocycles. The van der Waals surface area contributed by atoms with Gasteiger partial charge in [-0.25, -0.2) is 4.98 Å². The number of hydrogen-bond acceptors (Lipinski definition) is 4. The SMILES string of the molecule is Cn1cc(-c2cc3cccnc3[nH]2)c2cc(C(=O)NCCN3CCOCC3)ccc21. The van der Waals surface area contributed by atoms with E-state index in [9.17, 15) is 4.79 Å². The molecule has 7 nitrogen and oxygen atoms in total. The van der Waals surface area contributed by atoms with Crippen LogP contribution in [0.3, 0.4) is 0 Å². The van der Waals surface area contributed by atoms with Gasteiger partial charge in [-0.05, 0) is 36.4 Å². The van der Waals surface area contributed by atoms with Gasteiger partial charge in [-0.15, -0.1) is 0 Å². The lowest BCUT2D eigenvalue weighted by Crippen LogP contribution is -2.41. The second-order valence-electron chi connectivity index (χ2n) is 7.72. The predicted octanol–water partition coefficient (Wildman–Crippen LogP) is 2.78. The van der Waals surface area contributed by atoms with E-state index in [1.807, 2.05) is 37.4 Å². The number of benzene rings is 1. The summed E-state index contributed by atoms with van der Waals surface area (Å²) in [5.74, 6) is -0.0433. The van der Waals surface area contributed by atoms with Crippen molar-refractivity contribution in [3.05, 3.63) is 54.4 Å². The third kappa shape index (κ3) is 3.58. The molecule has 30 heavy (non-hydrogen) atoms. The number of nitrogens with one attached hydrogen (secondary N) is 2. The molecule has 2 N–H and O–H groups in total. The number of aromatic amines is 1. The highest BCUT2D eigenvalue weighted by Gasteiger charge is 2.15. The summed E-state index contributed by atoms with van der Waals surface area (Å²) in [6.45, 7) is 4.86. The van der Waals surface area contributed by atoms with Crippen molar-refractivity contribution < 1.29 is 9.53 Å². The van der Waals surface area contributed by atoms with Gasteiger partial charge >= 0.3 is 0 Å². The van der Waals surface area contributed by atoms with Gasteiger partial charge in [0.05, 0.1) is 13.2 Å². The largest absolute Gasteiger partial charge is 0.379 e. The van der Waals surface area contributed by atoms with Crippen molar-refractivity contribution in [3.63, 3.8) is 0 Å². The molecule has 0 aliphatic carbocycles. The first-order valence-electron chi connectivity index (χ1n) is 10.3. The summed E-state index contributed by atoms with van der Waals surface area (Å²) >= 11 is 0. The number of carbonyl (C=O) groups is 1. The highest BCUT2D eigenvalue weighted by atomic mass is 16.5. The van der Waals surface area contributed by atoms with Crippen molar-refractivity contribution in [2.24, 2.45) is 7.05 Å². The number of morpholine rings is 1. The summed E-state index contributed by atoms with van der Waals surface area (Å²) in [5, 5.41) is 5.17. The van der Waals surface area contributed by atoms with E-state index in [1.165, 1.54) is 0 Å². The van der Waals surface area contributed by atoms with Crippen LogP contribution < -0.4 is 5.32 Å². The Hall–Kier alpha value is -3.16. The fourth-order valence-electron chi connectivity index (χ4n) is 4.11. The fourth-order valence-corrected chi connectivity index (χ4v) is 4.11. The molecule has 1 amide bonds. The Morgan fingerprint density at radius 2 is 2.10 bits per heavy atom. The molecule has 0 atom stereocenters. The number of ether oxygens (including phenoxy) is 1. The molecule has 7 heteroatoms. The Morgan fingerprint density at radius 1 is 1.23 bits per heavy atom. The summed E-state index contributed by atoms with van der Waals surface area (Å²) in [5.41, 5.74) is 4.68. The van der Waals surface area contributed by atoms with Gasteiger partial charge in [-0.2, -0.15) is 0 Å². The van der Waals surface area contributed by atoms with Crippen molar-refractivity contribution in [2.75, 3.05) is 39.4 Å². The van der Waals surface area contributed by atoms with Crippen LogP contribution in [-0.4, -0.2) is 64.7 Å². The van der Waals surface area contributed by atoms with E-state index in [0.717, 1.165) is 66.0 Å². The highest BCUT2D eigenvalue weighted by molar-refractivity contribution is 6.03. The third-order valence-corrected chi connectivity index (χ3v) is 5.75. The number of hydrogen-bond donors (Lipinski definition) is 2. The molecule has 1 aromatic carbocycles. The number of amides is 1. The first-order valence-corrected chi connectivity index (χ1v) is 10.3. The molecule has 0 saturated carbocycles. The molecule has 5 rings (SSSR count). The Balaban J connectivity index is 1.39. The molecular formula is C23H25N5O2.